The van der Waals surface area contributed by atoms with Crippen LogP contribution in [0.25, 0.3) is 0 Å². The molecule has 0 bridgehead atoms. The number of nitrogens with one attached hydrogen (secondary N) is 1. The van der Waals surface area contributed by atoms with Gasteiger partial charge in [0, 0.05) is 27.8 Å². The smallest absolute Gasteiger partial charge is 0.261 e. The molecule has 7 heteroatoms. The molecule has 0 heterocycles. The Kier molecular flexibility index (Phi) is 5.64. The second-order valence-corrected chi connectivity index (χ2v) is 7.09. The fraction of sp³-hybridized carbons (Fsp3) is 0.417. The van der Waals surface area contributed by atoms with Gasteiger partial charge in [0.15, 0.2) is 0 Å². The molecular formula is C12H15Cl2NO3S. The van der Waals surface area contributed by atoms with Crippen LogP contribution >= 0.6 is 22.3 Å². The molecule has 4 nitrogen and oxygen atoms in total. The highest BCUT2D eigenvalue weighted by Gasteiger charge is 2.20. The monoisotopic (exact) mass is 323 g/mol. The molecule has 1 rings (SSSR count). The lowest BCUT2D eigenvalue weighted by Crippen LogP contribution is -2.25. The van der Waals surface area contributed by atoms with Gasteiger partial charge in [-0.25, -0.2) is 8.42 Å². The van der Waals surface area contributed by atoms with Gasteiger partial charge in [0.25, 0.3) is 15.0 Å². The summed E-state index contributed by atoms with van der Waals surface area (Å²) < 4.78 is 22.8. The summed E-state index contributed by atoms with van der Waals surface area (Å²) in [6, 6.07) is 2.67. The summed E-state index contributed by atoms with van der Waals surface area (Å²) in [4.78, 5) is 11.8. The standard InChI is InChI=1S/C12H15Cl2NO3S/c1-3-4-5-15-12(16)10-6-9(13)7-11(8(10)2)19(14,17)18/h6-7H,3-5H2,1-2H3,(H,15,16). The Labute approximate surface area is 122 Å². The van der Waals surface area contributed by atoms with Crippen molar-refractivity contribution in [3.63, 3.8) is 0 Å². The minimum Gasteiger partial charge on any atom is -0.352 e. The fourth-order valence-corrected chi connectivity index (χ4v) is 3.12. The summed E-state index contributed by atoms with van der Waals surface area (Å²) in [6.07, 6.45) is 1.81. The van der Waals surface area contributed by atoms with Gasteiger partial charge in [-0.3, -0.25) is 4.79 Å². The van der Waals surface area contributed by atoms with Crippen LogP contribution in [0.15, 0.2) is 17.0 Å². The fourth-order valence-electron chi connectivity index (χ4n) is 1.62. The number of amides is 1. The number of hydrogen-bond acceptors (Lipinski definition) is 3. The van der Waals surface area contributed by atoms with Gasteiger partial charge in [0.05, 0.1) is 4.90 Å². The van der Waals surface area contributed by atoms with Gasteiger partial charge in [0.2, 0.25) is 0 Å². The number of benzene rings is 1. The maximum absolute atomic E-state index is 12.0. The van der Waals surface area contributed by atoms with E-state index in [-0.39, 0.29) is 21.4 Å². The van der Waals surface area contributed by atoms with Crippen molar-refractivity contribution < 1.29 is 13.2 Å². The first-order valence-electron chi connectivity index (χ1n) is 5.80. The molecule has 0 saturated carbocycles. The second kappa shape index (κ2) is 6.59. The van der Waals surface area contributed by atoms with Crippen molar-refractivity contribution in [1.82, 2.24) is 5.32 Å². The summed E-state index contributed by atoms with van der Waals surface area (Å²) >= 11 is 5.83. The highest BCUT2D eigenvalue weighted by Crippen LogP contribution is 2.26. The molecule has 1 aromatic rings. The molecule has 19 heavy (non-hydrogen) atoms. The van der Waals surface area contributed by atoms with Crippen LogP contribution in [0.4, 0.5) is 0 Å². The number of hydrogen-bond donors (Lipinski definition) is 1. The Morgan fingerprint density at radius 2 is 2.00 bits per heavy atom. The highest BCUT2D eigenvalue weighted by atomic mass is 35.7. The van der Waals surface area contributed by atoms with Crippen LogP contribution in [0.2, 0.25) is 5.02 Å². The molecule has 0 radical (unpaired) electrons. The number of carbonyl (C=O) groups is 1. The van der Waals surface area contributed by atoms with Crippen molar-refractivity contribution in [2.45, 2.75) is 31.6 Å². The van der Waals surface area contributed by atoms with Crippen molar-refractivity contribution in [3.8, 4) is 0 Å². The molecule has 1 amide bonds. The van der Waals surface area contributed by atoms with Crippen LogP contribution in [0.1, 0.15) is 35.7 Å². The normalized spacial score (nSPS) is 11.4. The van der Waals surface area contributed by atoms with Crippen LogP contribution in [0.5, 0.6) is 0 Å². The van der Waals surface area contributed by atoms with Gasteiger partial charge in [-0.2, -0.15) is 0 Å². The van der Waals surface area contributed by atoms with E-state index in [1.54, 1.807) is 0 Å². The zero-order valence-electron chi connectivity index (χ0n) is 10.7. The molecule has 0 atom stereocenters. The number of unbranched alkanes of at least 4 members (excludes halogenated alkanes) is 1. The van der Waals surface area contributed by atoms with Gasteiger partial charge in [-0.05, 0) is 31.0 Å². The molecule has 0 spiro atoms. The van der Waals surface area contributed by atoms with Crippen LogP contribution in [-0.2, 0) is 9.05 Å². The maximum atomic E-state index is 12.0. The average Bonchev–Trinajstić information content (AvgIpc) is 2.30. The molecule has 0 saturated heterocycles. The Morgan fingerprint density at radius 3 is 2.53 bits per heavy atom. The first-order valence-corrected chi connectivity index (χ1v) is 8.49. The first-order chi connectivity index (χ1) is 8.77. The van der Waals surface area contributed by atoms with E-state index in [0.29, 0.717) is 12.1 Å². The van der Waals surface area contributed by atoms with E-state index in [0.717, 1.165) is 12.8 Å². The molecule has 0 aliphatic heterocycles. The number of halogens is 2. The predicted octanol–water partition coefficient (Wildman–Crippen LogP) is 3.11. The van der Waals surface area contributed by atoms with Crippen LogP contribution < -0.4 is 5.32 Å². The molecule has 106 valence electrons. The SMILES string of the molecule is CCCCNC(=O)c1cc(Cl)cc(S(=O)(=O)Cl)c1C. The molecule has 1 aromatic carbocycles. The van der Waals surface area contributed by atoms with Crippen molar-refractivity contribution >= 4 is 37.2 Å². The van der Waals surface area contributed by atoms with Crippen molar-refractivity contribution in [1.29, 1.82) is 0 Å². The molecule has 0 aliphatic rings. The summed E-state index contributed by atoms with van der Waals surface area (Å²) in [7, 11) is 1.39. The lowest BCUT2D eigenvalue weighted by Gasteiger charge is -2.10. The van der Waals surface area contributed by atoms with Gasteiger partial charge in [0.1, 0.15) is 0 Å². The van der Waals surface area contributed by atoms with E-state index in [1.807, 2.05) is 6.92 Å². The van der Waals surface area contributed by atoms with Crippen molar-refractivity contribution in [2.75, 3.05) is 6.54 Å². The van der Waals surface area contributed by atoms with Gasteiger partial charge >= 0.3 is 0 Å². The van der Waals surface area contributed by atoms with Crippen LogP contribution in [0, 0.1) is 6.92 Å². The van der Waals surface area contributed by atoms with Crippen LogP contribution in [-0.4, -0.2) is 20.9 Å². The second-order valence-electron chi connectivity index (χ2n) is 4.12. The number of rotatable bonds is 5. The van der Waals surface area contributed by atoms with Gasteiger partial charge < -0.3 is 5.32 Å². The molecule has 0 unspecified atom stereocenters. The lowest BCUT2D eigenvalue weighted by atomic mass is 10.1. The first kappa shape index (κ1) is 16.3. The van der Waals surface area contributed by atoms with Gasteiger partial charge in [-0.1, -0.05) is 24.9 Å². The molecular weight excluding hydrogens is 309 g/mol. The zero-order chi connectivity index (χ0) is 14.6. The largest absolute Gasteiger partial charge is 0.352 e. The van der Waals surface area contributed by atoms with E-state index >= 15 is 0 Å². The average molecular weight is 324 g/mol. The van der Waals surface area contributed by atoms with E-state index in [2.05, 4.69) is 5.32 Å². The third-order valence-corrected chi connectivity index (χ3v) is 4.31. The lowest BCUT2D eigenvalue weighted by molar-refractivity contribution is 0.0952. The Bertz CT molecular complexity index is 585. The topological polar surface area (TPSA) is 63.2 Å². The van der Waals surface area contributed by atoms with Crippen molar-refractivity contribution in [2.24, 2.45) is 0 Å². The van der Waals surface area contributed by atoms with E-state index < -0.39 is 9.05 Å². The van der Waals surface area contributed by atoms with Crippen molar-refractivity contribution in [3.05, 3.63) is 28.3 Å². The zero-order valence-corrected chi connectivity index (χ0v) is 13.0. The Balaban J connectivity index is 3.15. The summed E-state index contributed by atoms with van der Waals surface area (Å²) in [5.41, 5.74) is 0.524. The molecule has 0 aliphatic carbocycles. The van der Waals surface area contributed by atoms with E-state index in [4.69, 9.17) is 22.3 Å². The molecule has 1 N–H and O–H groups in total. The minimum absolute atomic E-state index is 0.137. The minimum atomic E-state index is -3.93. The predicted molar refractivity (Wildman–Crippen MR) is 76.5 cm³/mol. The third kappa shape index (κ3) is 4.37. The maximum Gasteiger partial charge on any atom is 0.261 e. The van der Waals surface area contributed by atoms with E-state index in [1.165, 1.54) is 19.1 Å². The van der Waals surface area contributed by atoms with Crippen LogP contribution in [0.3, 0.4) is 0 Å². The third-order valence-electron chi connectivity index (χ3n) is 2.65. The molecule has 0 fully saturated rings. The number of carbonyl (C=O) groups excluding carboxylic acids is 1. The Hall–Kier alpha value is -0.780. The summed E-state index contributed by atoms with van der Waals surface area (Å²) in [5, 5.41) is 2.87. The van der Waals surface area contributed by atoms with E-state index in [9.17, 15) is 13.2 Å². The van der Waals surface area contributed by atoms with Gasteiger partial charge in [-0.15, -0.1) is 0 Å². The quantitative estimate of drug-likeness (QED) is 0.669. The highest BCUT2D eigenvalue weighted by molar-refractivity contribution is 8.13. The summed E-state index contributed by atoms with van der Waals surface area (Å²) in [5.74, 6) is -0.352. The summed E-state index contributed by atoms with van der Waals surface area (Å²) in [6.45, 7) is 4.07. The Morgan fingerprint density at radius 1 is 1.37 bits per heavy atom. The molecule has 0 aromatic heterocycles.